The quantitative estimate of drug-likeness (QED) is 0.260. The minimum Gasteiger partial charge on any atom is -0.493 e. The molecule has 3 heterocycles. The van der Waals surface area contributed by atoms with Gasteiger partial charge in [0.2, 0.25) is 5.89 Å². The van der Waals surface area contributed by atoms with Gasteiger partial charge < -0.3 is 18.5 Å². The molecule has 5 rings (SSSR count). The molecule has 0 spiro atoms. The van der Waals surface area contributed by atoms with E-state index >= 15 is 0 Å². The molecule has 1 saturated heterocycles. The molecule has 6 nitrogen and oxygen atoms in total. The average molecular weight is 488 g/mol. The van der Waals surface area contributed by atoms with Crippen LogP contribution in [0.25, 0.3) is 22.6 Å². The van der Waals surface area contributed by atoms with Crippen molar-refractivity contribution in [3.63, 3.8) is 0 Å². The normalized spacial score (nSPS) is 15.6. The van der Waals surface area contributed by atoms with E-state index in [4.69, 9.17) is 13.6 Å². The van der Waals surface area contributed by atoms with E-state index in [1.54, 1.807) is 0 Å². The van der Waals surface area contributed by atoms with Crippen LogP contribution in [0.15, 0.2) is 51.3 Å². The number of ether oxygens (including phenoxy) is 1. The summed E-state index contributed by atoms with van der Waals surface area (Å²) in [5.41, 5.74) is 4.83. The van der Waals surface area contributed by atoms with E-state index in [0.717, 1.165) is 42.8 Å². The Bertz CT molecular complexity index is 1320. The molecule has 2 aromatic carbocycles. The molecule has 36 heavy (non-hydrogen) atoms. The third kappa shape index (κ3) is 5.34. The van der Waals surface area contributed by atoms with Crippen LogP contribution in [0.5, 0.6) is 5.75 Å². The zero-order valence-corrected chi connectivity index (χ0v) is 22.1. The van der Waals surface area contributed by atoms with E-state index < -0.39 is 0 Å². The predicted molar refractivity (Wildman–Crippen MR) is 143 cm³/mol. The Morgan fingerprint density at radius 3 is 2.50 bits per heavy atom. The van der Waals surface area contributed by atoms with Gasteiger partial charge in [0.1, 0.15) is 11.3 Å². The highest BCUT2D eigenvalue weighted by atomic mass is 16.5. The Morgan fingerprint density at radius 2 is 1.78 bits per heavy atom. The second-order valence-electron chi connectivity index (χ2n) is 11.1. The van der Waals surface area contributed by atoms with Crippen molar-refractivity contribution < 1.29 is 13.6 Å². The largest absolute Gasteiger partial charge is 0.493 e. The maximum absolute atomic E-state index is 6.18. The molecule has 2 aromatic heterocycles. The number of benzene rings is 2. The number of hydrogen-bond acceptors (Lipinski definition) is 6. The molecule has 6 heteroatoms. The van der Waals surface area contributed by atoms with Crippen LogP contribution in [0.2, 0.25) is 0 Å². The van der Waals surface area contributed by atoms with E-state index in [1.807, 2.05) is 45.0 Å². The molecule has 190 valence electrons. The molecular weight excluding hydrogens is 450 g/mol. The van der Waals surface area contributed by atoms with E-state index in [-0.39, 0.29) is 5.41 Å². The van der Waals surface area contributed by atoms with Crippen molar-refractivity contribution in [1.82, 2.24) is 15.1 Å². The minimum absolute atomic E-state index is 0.208. The molecule has 1 fully saturated rings. The summed E-state index contributed by atoms with van der Waals surface area (Å²) in [6, 6.07) is 14.8. The maximum Gasteiger partial charge on any atom is 0.283 e. The Labute approximate surface area is 213 Å². The highest BCUT2D eigenvalue weighted by Crippen LogP contribution is 2.34. The summed E-state index contributed by atoms with van der Waals surface area (Å²) in [6.07, 6.45) is 3.45. The van der Waals surface area contributed by atoms with Crippen LogP contribution in [0.3, 0.4) is 0 Å². The first-order valence-electron chi connectivity index (χ1n) is 13.1. The fraction of sp³-hybridized carbons (Fsp3) is 0.467. The summed E-state index contributed by atoms with van der Waals surface area (Å²) in [4.78, 5) is 2.57. The third-order valence-corrected chi connectivity index (χ3v) is 7.27. The SMILES string of the molecule is Cc1ccc(C2CCN(CCCOc3cccc4oc(-c5nnc(C(C)(C)C)o5)cc34)CC2)cc1C. The standard InChI is InChI=1S/C30H37N3O3/c1-20-10-11-23(18-21(20)2)22-12-15-33(16-13-22)14-7-17-34-25-8-6-9-26-24(25)19-27(35-26)28-31-32-29(36-28)30(3,4)5/h6,8-11,18-19,22H,7,12-17H2,1-5H3. The van der Waals surface area contributed by atoms with Crippen molar-refractivity contribution >= 4 is 11.0 Å². The first-order chi connectivity index (χ1) is 17.3. The summed E-state index contributed by atoms with van der Waals surface area (Å²) in [5, 5.41) is 9.29. The smallest absolute Gasteiger partial charge is 0.283 e. The van der Waals surface area contributed by atoms with Crippen molar-refractivity contribution in [2.75, 3.05) is 26.2 Å². The first kappa shape index (κ1) is 24.6. The number of likely N-dealkylation sites (tertiary alicyclic amines) is 1. The molecule has 0 amide bonds. The highest BCUT2D eigenvalue weighted by molar-refractivity contribution is 5.87. The zero-order valence-electron chi connectivity index (χ0n) is 22.1. The molecule has 0 aliphatic carbocycles. The van der Waals surface area contributed by atoms with Gasteiger partial charge in [-0.05, 0) is 80.9 Å². The Hall–Kier alpha value is -3.12. The molecule has 1 aliphatic rings. The van der Waals surface area contributed by atoms with Gasteiger partial charge >= 0.3 is 0 Å². The van der Waals surface area contributed by atoms with Gasteiger partial charge in [0.15, 0.2) is 5.76 Å². The van der Waals surface area contributed by atoms with Gasteiger partial charge in [-0.2, -0.15) is 0 Å². The van der Waals surface area contributed by atoms with Gasteiger partial charge in [-0.25, -0.2) is 0 Å². The van der Waals surface area contributed by atoms with Gasteiger partial charge in [-0.3, -0.25) is 0 Å². The van der Waals surface area contributed by atoms with Crippen LogP contribution < -0.4 is 4.74 Å². The van der Waals surface area contributed by atoms with Gasteiger partial charge in [0.05, 0.1) is 12.0 Å². The lowest BCUT2D eigenvalue weighted by Crippen LogP contribution is -2.34. The highest BCUT2D eigenvalue weighted by Gasteiger charge is 2.24. The lowest BCUT2D eigenvalue weighted by atomic mass is 9.88. The summed E-state index contributed by atoms with van der Waals surface area (Å²) in [7, 11) is 0. The number of nitrogens with zero attached hydrogens (tertiary/aromatic N) is 3. The van der Waals surface area contributed by atoms with E-state index in [9.17, 15) is 0 Å². The van der Waals surface area contributed by atoms with Gasteiger partial charge in [-0.15, -0.1) is 10.2 Å². The number of furan rings is 1. The summed E-state index contributed by atoms with van der Waals surface area (Å²) in [6.45, 7) is 14.6. The second kappa shape index (κ2) is 10.1. The fourth-order valence-corrected chi connectivity index (χ4v) is 4.87. The van der Waals surface area contributed by atoms with Crippen LogP contribution in [0, 0.1) is 13.8 Å². The predicted octanol–water partition coefficient (Wildman–Crippen LogP) is 7.05. The molecule has 4 aromatic rings. The monoisotopic (exact) mass is 487 g/mol. The van der Waals surface area contributed by atoms with Crippen LogP contribution in [-0.4, -0.2) is 41.3 Å². The van der Waals surface area contributed by atoms with Crippen LogP contribution in [-0.2, 0) is 5.41 Å². The lowest BCUT2D eigenvalue weighted by Gasteiger charge is -2.32. The molecule has 0 N–H and O–H groups in total. The Balaban J connectivity index is 1.14. The molecule has 0 radical (unpaired) electrons. The molecule has 0 saturated carbocycles. The number of fused-ring (bicyclic) bond motifs is 1. The number of aryl methyl sites for hydroxylation is 2. The topological polar surface area (TPSA) is 64.5 Å². The summed E-state index contributed by atoms with van der Waals surface area (Å²) < 4.78 is 18.0. The van der Waals surface area contributed by atoms with Crippen LogP contribution in [0.1, 0.15) is 68.5 Å². The van der Waals surface area contributed by atoms with Crippen LogP contribution in [0.4, 0.5) is 0 Å². The molecule has 0 bridgehead atoms. The van der Waals surface area contributed by atoms with Crippen molar-refractivity contribution in [2.45, 2.75) is 65.2 Å². The molecule has 1 aliphatic heterocycles. The second-order valence-corrected chi connectivity index (χ2v) is 11.1. The lowest BCUT2D eigenvalue weighted by molar-refractivity contribution is 0.193. The molecule has 0 atom stereocenters. The summed E-state index contributed by atoms with van der Waals surface area (Å²) >= 11 is 0. The number of rotatable bonds is 7. The summed E-state index contributed by atoms with van der Waals surface area (Å²) in [5.74, 6) is 3.06. The van der Waals surface area contributed by atoms with Gasteiger partial charge in [-0.1, -0.05) is 45.0 Å². The van der Waals surface area contributed by atoms with Gasteiger partial charge in [0.25, 0.3) is 5.89 Å². The van der Waals surface area contributed by atoms with Crippen molar-refractivity contribution in [2.24, 2.45) is 0 Å². The number of piperidine rings is 1. The minimum atomic E-state index is -0.208. The number of aromatic nitrogens is 2. The third-order valence-electron chi connectivity index (χ3n) is 7.27. The van der Waals surface area contributed by atoms with E-state index in [2.05, 4.69) is 47.1 Å². The zero-order chi connectivity index (χ0) is 25.3. The van der Waals surface area contributed by atoms with E-state index in [0.29, 0.717) is 30.1 Å². The van der Waals surface area contributed by atoms with Crippen molar-refractivity contribution in [3.05, 3.63) is 65.0 Å². The fourth-order valence-electron chi connectivity index (χ4n) is 4.87. The van der Waals surface area contributed by atoms with Crippen molar-refractivity contribution in [3.8, 4) is 17.4 Å². The van der Waals surface area contributed by atoms with Crippen molar-refractivity contribution in [1.29, 1.82) is 0 Å². The van der Waals surface area contributed by atoms with Gasteiger partial charge in [0, 0.05) is 18.0 Å². The average Bonchev–Trinajstić information content (AvgIpc) is 3.52. The Kier molecular flexibility index (Phi) is 6.89. The molecule has 0 unspecified atom stereocenters. The van der Waals surface area contributed by atoms with E-state index in [1.165, 1.54) is 29.5 Å². The maximum atomic E-state index is 6.18. The Morgan fingerprint density at radius 1 is 0.972 bits per heavy atom. The first-order valence-corrected chi connectivity index (χ1v) is 13.1. The number of hydrogen-bond donors (Lipinski definition) is 0. The van der Waals surface area contributed by atoms with Crippen LogP contribution >= 0.6 is 0 Å². The molecular formula is C30H37N3O3.